The van der Waals surface area contributed by atoms with Crippen LogP contribution in [-0.4, -0.2) is 21.1 Å². The monoisotopic (exact) mass is 268 g/mol. The number of anilines is 1. The predicted molar refractivity (Wildman–Crippen MR) is 79.1 cm³/mol. The maximum Gasteiger partial charge on any atom is 0.356 e. The number of nitrogens with one attached hydrogen (secondary N) is 1. The van der Waals surface area contributed by atoms with E-state index < -0.39 is 0 Å². The summed E-state index contributed by atoms with van der Waals surface area (Å²) in [5.41, 5.74) is 2.58. The van der Waals surface area contributed by atoms with Crippen LogP contribution in [0.5, 0.6) is 0 Å². The van der Waals surface area contributed by atoms with Crippen molar-refractivity contribution in [3.63, 3.8) is 0 Å². The second-order valence-electron chi connectivity index (χ2n) is 4.33. The zero-order chi connectivity index (χ0) is 14.5. The molecule has 5 heteroatoms. The fourth-order valence-electron chi connectivity index (χ4n) is 2.05. The summed E-state index contributed by atoms with van der Waals surface area (Å²) >= 11 is 0. The summed E-state index contributed by atoms with van der Waals surface area (Å²) in [4.78, 5) is 20.2. The Morgan fingerprint density at radius 1 is 1.45 bits per heavy atom. The highest BCUT2D eigenvalue weighted by atomic mass is 16.1. The molecule has 0 aliphatic carbocycles. The van der Waals surface area contributed by atoms with E-state index in [-0.39, 0.29) is 18.2 Å². The van der Waals surface area contributed by atoms with E-state index >= 15 is 0 Å². The Balaban J connectivity index is 2.50. The molecule has 0 saturated carbocycles. The average molecular weight is 268 g/mol. The molecule has 0 fully saturated rings. The summed E-state index contributed by atoms with van der Waals surface area (Å²) in [5, 5.41) is 2.79. The van der Waals surface area contributed by atoms with Gasteiger partial charge in [-0.25, -0.2) is 9.78 Å². The molecule has 1 aromatic heterocycles. The number of aromatic nitrogens is 3. The number of terminal acetylenes is 1. The van der Waals surface area contributed by atoms with E-state index in [2.05, 4.69) is 21.2 Å². The van der Waals surface area contributed by atoms with Gasteiger partial charge in [0.1, 0.15) is 6.33 Å². The van der Waals surface area contributed by atoms with Gasteiger partial charge in [-0.1, -0.05) is 31.0 Å². The fraction of sp³-hybridized carbons (Fsp3) is 0.267. The normalized spacial score (nSPS) is 10.1. The van der Waals surface area contributed by atoms with Crippen molar-refractivity contribution in [1.82, 2.24) is 14.5 Å². The molecule has 0 radical (unpaired) electrons. The largest absolute Gasteiger partial charge is 0.356 e. The van der Waals surface area contributed by atoms with Crippen LogP contribution in [0.3, 0.4) is 0 Å². The van der Waals surface area contributed by atoms with E-state index in [4.69, 9.17) is 6.42 Å². The van der Waals surface area contributed by atoms with Gasteiger partial charge in [-0.2, -0.15) is 4.98 Å². The lowest BCUT2D eigenvalue weighted by Gasteiger charge is -2.13. The van der Waals surface area contributed by atoms with Gasteiger partial charge in [-0.05, 0) is 24.5 Å². The van der Waals surface area contributed by atoms with Gasteiger partial charge < -0.3 is 5.32 Å². The molecular weight excluding hydrogens is 252 g/mol. The molecule has 2 rings (SSSR count). The molecule has 2 aromatic rings. The highest BCUT2D eigenvalue weighted by Crippen LogP contribution is 2.18. The summed E-state index contributed by atoms with van der Waals surface area (Å²) in [6.07, 6.45) is 7.46. The van der Waals surface area contributed by atoms with Crippen LogP contribution in [0.1, 0.15) is 18.1 Å². The third-order valence-electron chi connectivity index (χ3n) is 2.99. The summed E-state index contributed by atoms with van der Waals surface area (Å²) in [6, 6.07) is 5.94. The molecule has 1 aromatic carbocycles. The molecule has 0 spiro atoms. The second-order valence-corrected chi connectivity index (χ2v) is 4.33. The quantitative estimate of drug-likeness (QED) is 0.855. The molecule has 0 aliphatic heterocycles. The highest BCUT2D eigenvalue weighted by Gasteiger charge is 2.10. The minimum absolute atomic E-state index is 0.246. The first-order chi connectivity index (χ1) is 9.67. The number of aryl methyl sites for hydroxylation is 2. The number of para-hydroxylation sites is 1. The van der Waals surface area contributed by atoms with Crippen molar-refractivity contribution >= 4 is 5.95 Å². The minimum atomic E-state index is -0.372. The Morgan fingerprint density at radius 2 is 2.25 bits per heavy atom. The van der Waals surface area contributed by atoms with Gasteiger partial charge in [0, 0.05) is 0 Å². The number of nitrogens with zero attached hydrogens (tertiary/aromatic N) is 3. The molecule has 0 saturated heterocycles. The van der Waals surface area contributed by atoms with Gasteiger partial charge in [-0.3, -0.25) is 4.57 Å². The van der Waals surface area contributed by atoms with Crippen molar-refractivity contribution in [2.24, 2.45) is 0 Å². The van der Waals surface area contributed by atoms with Gasteiger partial charge in [-0.15, -0.1) is 6.42 Å². The van der Waals surface area contributed by atoms with Gasteiger partial charge in [0.05, 0.1) is 12.2 Å². The van der Waals surface area contributed by atoms with Crippen LogP contribution >= 0.6 is 0 Å². The number of hydrogen-bond acceptors (Lipinski definition) is 4. The molecule has 1 heterocycles. The van der Waals surface area contributed by atoms with Crippen LogP contribution in [0.25, 0.3) is 5.69 Å². The summed E-state index contributed by atoms with van der Waals surface area (Å²) in [6.45, 7) is 4.30. The molecule has 20 heavy (non-hydrogen) atoms. The van der Waals surface area contributed by atoms with Crippen LogP contribution in [0.2, 0.25) is 0 Å². The lowest BCUT2D eigenvalue weighted by Crippen LogP contribution is -2.25. The van der Waals surface area contributed by atoms with Crippen LogP contribution in [0, 0.1) is 19.3 Å². The lowest BCUT2D eigenvalue weighted by atomic mass is 10.1. The first-order valence-electron chi connectivity index (χ1n) is 6.39. The summed E-state index contributed by atoms with van der Waals surface area (Å²) in [7, 11) is 0. The zero-order valence-corrected chi connectivity index (χ0v) is 11.6. The third kappa shape index (κ3) is 2.69. The van der Waals surface area contributed by atoms with Crippen LogP contribution in [0.4, 0.5) is 5.95 Å². The topological polar surface area (TPSA) is 59.8 Å². The standard InChI is InChI=1S/C15H16N4O/c1-4-9-16-14-17-10-19(15(20)18-14)13-11(3)7-6-8-12(13)5-2/h1,6-8,10H,5,9H2,2-3H3,(H,16,18,20). The second kappa shape index (κ2) is 6.02. The molecule has 5 nitrogen and oxygen atoms in total. The Bertz CT molecular complexity index is 713. The van der Waals surface area contributed by atoms with Gasteiger partial charge in [0.15, 0.2) is 0 Å². The minimum Gasteiger partial charge on any atom is -0.343 e. The maximum atomic E-state index is 12.1. The molecule has 0 atom stereocenters. The SMILES string of the molecule is C#CCNc1ncn(-c2c(C)cccc2CC)c(=O)n1. The maximum absolute atomic E-state index is 12.1. The van der Waals surface area contributed by atoms with Gasteiger partial charge >= 0.3 is 5.69 Å². The Kier molecular flexibility index (Phi) is 4.16. The van der Waals surface area contributed by atoms with Crippen molar-refractivity contribution in [3.8, 4) is 18.0 Å². The Labute approximate surface area is 117 Å². The van der Waals surface area contributed by atoms with Gasteiger partial charge in [0.2, 0.25) is 5.95 Å². The molecule has 0 aliphatic rings. The predicted octanol–water partition coefficient (Wildman–Crippen LogP) is 1.54. The summed E-state index contributed by atoms with van der Waals surface area (Å²) in [5.74, 6) is 2.66. The lowest BCUT2D eigenvalue weighted by molar-refractivity contribution is 0.842. The van der Waals surface area contributed by atoms with Crippen molar-refractivity contribution < 1.29 is 0 Å². The highest BCUT2D eigenvalue weighted by molar-refractivity contribution is 5.47. The first-order valence-corrected chi connectivity index (χ1v) is 6.39. The third-order valence-corrected chi connectivity index (χ3v) is 2.99. The van der Waals surface area contributed by atoms with Crippen molar-refractivity contribution in [2.45, 2.75) is 20.3 Å². The molecule has 0 bridgehead atoms. The molecule has 1 N–H and O–H groups in total. The van der Waals surface area contributed by atoms with E-state index in [9.17, 15) is 4.79 Å². The first kappa shape index (κ1) is 13.8. The number of rotatable bonds is 4. The number of hydrogen-bond donors (Lipinski definition) is 1. The van der Waals surface area contributed by atoms with E-state index in [0.29, 0.717) is 0 Å². The molecule has 0 amide bonds. The number of benzene rings is 1. The average Bonchev–Trinajstić information content (AvgIpc) is 2.45. The van der Waals surface area contributed by atoms with Gasteiger partial charge in [0.25, 0.3) is 0 Å². The van der Waals surface area contributed by atoms with E-state index in [1.807, 2.05) is 32.0 Å². The summed E-state index contributed by atoms with van der Waals surface area (Å²) < 4.78 is 1.47. The van der Waals surface area contributed by atoms with Crippen molar-refractivity contribution in [3.05, 3.63) is 46.1 Å². The van der Waals surface area contributed by atoms with E-state index in [1.165, 1.54) is 10.9 Å². The molecular formula is C15H16N4O. The zero-order valence-electron chi connectivity index (χ0n) is 11.6. The Morgan fingerprint density at radius 3 is 2.90 bits per heavy atom. The fourth-order valence-corrected chi connectivity index (χ4v) is 2.05. The van der Waals surface area contributed by atoms with E-state index in [0.717, 1.165) is 23.2 Å². The van der Waals surface area contributed by atoms with Crippen LogP contribution < -0.4 is 11.0 Å². The van der Waals surface area contributed by atoms with Crippen molar-refractivity contribution in [1.29, 1.82) is 0 Å². The molecule has 102 valence electrons. The van der Waals surface area contributed by atoms with Crippen LogP contribution in [0.15, 0.2) is 29.3 Å². The Hall–Kier alpha value is -2.61. The van der Waals surface area contributed by atoms with Crippen molar-refractivity contribution in [2.75, 3.05) is 11.9 Å². The van der Waals surface area contributed by atoms with E-state index in [1.54, 1.807) is 0 Å². The van der Waals surface area contributed by atoms with Crippen LogP contribution in [-0.2, 0) is 6.42 Å². The smallest absolute Gasteiger partial charge is 0.343 e. The molecule has 0 unspecified atom stereocenters.